The molecular formula is C29H34Cl2F3N5O4. The number of fused-ring (bicyclic) bond motifs is 2. The molecule has 2 saturated heterocycles. The van der Waals surface area contributed by atoms with Gasteiger partial charge in [-0.2, -0.15) is 13.2 Å². The molecule has 3 heterocycles. The first-order valence-electron chi connectivity index (χ1n) is 13.8. The third-order valence-corrected chi connectivity index (χ3v) is 8.62. The van der Waals surface area contributed by atoms with Gasteiger partial charge in [0.15, 0.2) is 5.60 Å². The minimum Gasteiger partial charge on any atom is -0.476 e. The van der Waals surface area contributed by atoms with E-state index in [2.05, 4.69) is 15.2 Å². The Morgan fingerprint density at radius 3 is 2.21 bits per heavy atom. The minimum atomic E-state index is -4.50. The maximum atomic E-state index is 13.4. The highest BCUT2D eigenvalue weighted by Gasteiger charge is 2.43. The molecule has 4 rings (SSSR count). The number of benzene rings is 1. The Morgan fingerprint density at radius 2 is 1.67 bits per heavy atom. The highest BCUT2D eigenvalue weighted by atomic mass is 35.5. The number of halogens is 5. The zero-order valence-corrected chi connectivity index (χ0v) is 25.7. The molecule has 1 aromatic heterocycles. The lowest BCUT2D eigenvalue weighted by molar-refractivity contribution is -0.135. The number of nitrogens with one attached hydrogen (secondary N) is 2. The summed E-state index contributed by atoms with van der Waals surface area (Å²) in [5.41, 5.74) is 3.59. The Kier molecular flexibility index (Phi) is 9.14. The van der Waals surface area contributed by atoms with Crippen LogP contribution < -0.4 is 26.0 Å². The number of nitrogens with two attached hydrogens (primary N) is 1. The number of hydrogen-bond donors (Lipinski definition) is 3. The van der Waals surface area contributed by atoms with Crippen LogP contribution in [0.15, 0.2) is 30.5 Å². The molecule has 0 radical (unpaired) electrons. The SMILES string of the molecule is CC(C)(Oc1cc(C(C)(C)C(N)=O)c(Cl)cc1Cl)C(=O)NC1CC2CCC(C1)N2c1ccc(C(=O)NCC(F)(F)F)cn1. The van der Waals surface area contributed by atoms with E-state index in [4.69, 9.17) is 33.7 Å². The summed E-state index contributed by atoms with van der Waals surface area (Å²) in [6.45, 7) is 5.08. The van der Waals surface area contributed by atoms with Gasteiger partial charge in [0.2, 0.25) is 5.91 Å². The Balaban J connectivity index is 1.40. The molecule has 2 aromatic rings. The van der Waals surface area contributed by atoms with Crippen molar-refractivity contribution in [1.82, 2.24) is 15.6 Å². The topological polar surface area (TPSA) is 127 Å². The normalized spacial score (nSPS) is 20.5. The number of pyridine rings is 1. The first-order chi connectivity index (χ1) is 19.9. The van der Waals surface area contributed by atoms with E-state index in [0.29, 0.717) is 24.2 Å². The van der Waals surface area contributed by atoms with Gasteiger partial charge in [-0.05, 0) is 83.2 Å². The summed E-state index contributed by atoms with van der Waals surface area (Å²) in [7, 11) is 0. The van der Waals surface area contributed by atoms with Crippen LogP contribution in [0.3, 0.4) is 0 Å². The van der Waals surface area contributed by atoms with Crippen LogP contribution in [0.5, 0.6) is 5.75 Å². The Morgan fingerprint density at radius 1 is 1.05 bits per heavy atom. The van der Waals surface area contributed by atoms with Gasteiger partial charge < -0.3 is 26.0 Å². The average Bonchev–Trinajstić information content (AvgIpc) is 3.18. The summed E-state index contributed by atoms with van der Waals surface area (Å²) in [6.07, 6.45) is -0.180. The van der Waals surface area contributed by atoms with Gasteiger partial charge >= 0.3 is 6.18 Å². The van der Waals surface area contributed by atoms with Gasteiger partial charge in [0, 0.05) is 29.3 Å². The maximum absolute atomic E-state index is 13.4. The number of amides is 3. The molecule has 9 nitrogen and oxygen atoms in total. The van der Waals surface area contributed by atoms with E-state index in [9.17, 15) is 27.6 Å². The van der Waals surface area contributed by atoms with Crippen LogP contribution in [0.4, 0.5) is 19.0 Å². The predicted octanol–water partition coefficient (Wildman–Crippen LogP) is 4.92. The summed E-state index contributed by atoms with van der Waals surface area (Å²) >= 11 is 12.7. The fraction of sp³-hybridized carbons (Fsp3) is 0.517. The van der Waals surface area contributed by atoms with Gasteiger partial charge in [0.05, 0.1) is 16.0 Å². The molecule has 14 heteroatoms. The number of hydrogen-bond acceptors (Lipinski definition) is 6. The van der Waals surface area contributed by atoms with Crippen molar-refractivity contribution in [2.75, 3.05) is 11.4 Å². The van der Waals surface area contributed by atoms with Gasteiger partial charge in [-0.15, -0.1) is 0 Å². The minimum absolute atomic E-state index is 0.0378. The third kappa shape index (κ3) is 7.29. The molecule has 2 atom stereocenters. The third-order valence-electron chi connectivity index (χ3n) is 8.02. The van der Waals surface area contributed by atoms with Gasteiger partial charge in [-0.25, -0.2) is 4.98 Å². The van der Waals surface area contributed by atoms with Crippen molar-refractivity contribution in [1.29, 1.82) is 0 Å². The van der Waals surface area contributed by atoms with Crippen molar-refractivity contribution in [3.05, 3.63) is 51.6 Å². The Bertz CT molecular complexity index is 1390. The van der Waals surface area contributed by atoms with Gasteiger partial charge in [-0.3, -0.25) is 14.4 Å². The number of primary amides is 1. The molecule has 2 unspecified atom stereocenters. The first-order valence-corrected chi connectivity index (χ1v) is 14.5. The second-order valence-corrected chi connectivity index (χ2v) is 12.8. The van der Waals surface area contributed by atoms with E-state index in [1.807, 2.05) is 5.32 Å². The lowest BCUT2D eigenvalue weighted by Crippen LogP contribution is -2.55. The van der Waals surface area contributed by atoms with Gasteiger partial charge in [0.25, 0.3) is 11.8 Å². The van der Waals surface area contributed by atoms with Crippen molar-refractivity contribution < 1.29 is 32.3 Å². The standard InChI is InChI=1S/C29H34Cl2F3N5O4/c1-27(2,25(35)41)19-11-22(21(31)12-20(19)30)43-28(3,4)26(42)38-16-9-17-6-7-18(10-16)39(17)23-8-5-15(13-36-23)24(40)37-14-29(32,33)34/h5,8,11-13,16-18H,6-7,9-10,14H2,1-4H3,(H2,35,41)(H,37,40)(H,38,42). The molecule has 2 aliphatic rings. The van der Waals surface area contributed by atoms with Crippen molar-refractivity contribution >= 4 is 46.7 Å². The van der Waals surface area contributed by atoms with Crippen LogP contribution in [0.2, 0.25) is 10.0 Å². The monoisotopic (exact) mass is 643 g/mol. The van der Waals surface area contributed by atoms with E-state index in [-0.39, 0.29) is 45.4 Å². The molecular weight excluding hydrogens is 610 g/mol. The van der Waals surface area contributed by atoms with Crippen LogP contribution >= 0.6 is 23.2 Å². The summed E-state index contributed by atoms with van der Waals surface area (Å²) in [4.78, 5) is 44.0. The zero-order chi connectivity index (χ0) is 31.9. The average molecular weight is 645 g/mol. The van der Waals surface area contributed by atoms with E-state index in [1.165, 1.54) is 24.4 Å². The van der Waals surface area contributed by atoms with Crippen molar-refractivity contribution in [3.8, 4) is 5.75 Å². The fourth-order valence-electron chi connectivity index (χ4n) is 5.52. The molecule has 4 N–H and O–H groups in total. The van der Waals surface area contributed by atoms with Crippen LogP contribution in [0.25, 0.3) is 0 Å². The van der Waals surface area contributed by atoms with E-state index >= 15 is 0 Å². The molecule has 3 amide bonds. The summed E-state index contributed by atoms with van der Waals surface area (Å²) in [5.74, 6) is -0.969. The molecule has 2 fully saturated rings. The molecule has 2 bridgehead atoms. The van der Waals surface area contributed by atoms with Crippen molar-refractivity contribution in [2.24, 2.45) is 5.73 Å². The zero-order valence-electron chi connectivity index (χ0n) is 24.1. The van der Waals surface area contributed by atoms with Crippen LogP contribution in [0, 0.1) is 0 Å². The van der Waals surface area contributed by atoms with E-state index in [0.717, 1.165) is 12.8 Å². The van der Waals surface area contributed by atoms with Gasteiger partial charge in [0.1, 0.15) is 18.1 Å². The number of anilines is 1. The fourth-order valence-corrected chi connectivity index (χ4v) is 6.18. The number of alkyl halides is 3. The van der Waals surface area contributed by atoms with Crippen LogP contribution in [0.1, 0.15) is 69.3 Å². The molecule has 43 heavy (non-hydrogen) atoms. The Labute approximate surface area is 257 Å². The number of rotatable bonds is 9. The van der Waals surface area contributed by atoms with E-state index < -0.39 is 35.6 Å². The molecule has 2 aliphatic heterocycles. The summed E-state index contributed by atoms with van der Waals surface area (Å²) < 4.78 is 43.3. The number of carbonyl (C=O) groups is 3. The predicted molar refractivity (Wildman–Crippen MR) is 156 cm³/mol. The van der Waals surface area contributed by atoms with Crippen LogP contribution in [-0.4, -0.2) is 59.2 Å². The highest BCUT2D eigenvalue weighted by molar-refractivity contribution is 6.36. The largest absolute Gasteiger partial charge is 0.476 e. The number of ether oxygens (including phenoxy) is 1. The quantitative estimate of drug-likeness (QED) is 0.356. The van der Waals surface area contributed by atoms with E-state index in [1.54, 1.807) is 33.8 Å². The van der Waals surface area contributed by atoms with Gasteiger partial charge in [-0.1, -0.05) is 23.2 Å². The first kappa shape index (κ1) is 32.7. The summed E-state index contributed by atoms with van der Waals surface area (Å²) in [5, 5.41) is 5.36. The smallest absolute Gasteiger partial charge is 0.405 e. The lowest BCUT2D eigenvalue weighted by Gasteiger charge is -2.41. The lowest BCUT2D eigenvalue weighted by atomic mass is 9.84. The Hall–Kier alpha value is -3.25. The number of aromatic nitrogens is 1. The van der Waals surface area contributed by atoms with Crippen molar-refractivity contribution in [3.63, 3.8) is 0 Å². The highest BCUT2D eigenvalue weighted by Crippen LogP contribution is 2.40. The molecule has 0 aliphatic carbocycles. The second-order valence-electron chi connectivity index (χ2n) is 12.0. The maximum Gasteiger partial charge on any atom is 0.405 e. The number of carbonyl (C=O) groups excluding carboxylic acids is 3. The van der Waals surface area contributed by atoms with Crippen LogP contribution in [-0.2, 0) is 15.0 Å². The van der Waals surface area contributed by atoms with Crippen molar-refractivity contribution in [2.45, 2.75) is 88.7 Å². The molecule has 0 spiro atoms. The summed E-state index contributed by atoms with van der Waals surface area (Å²) in [6, 6.07) is 6.09. The second kappa shape index (κ2) is 12.0. The number of piperidine rings is 1. The molecule has 234 valence electrons. The molecule has 0 saturated carbocycles. The number of nitrogens with zero attached hydrogens (tertiary/aromatic N) is 2. The molecule has 1 aromatic carbocycles.